The van der Waals surface area contributed by atoms with Crippen LogP contribution >= 0.6 is 0 Å². The van der Waals surface area contributed by atoms with Crippen LogP contribution in [0.5, 0.6) is 0 Å². The third kappa shape index (κ3) is 1.91. The van der Waals surface area contributed by atoms with Crippen LogP contribution in [-0.4, -0.2) is 25.9 Å². The summed E-state index contributed by atoms with van der Waals surface area (Å²) in [5.74, 6) is -0.696. The first kappa shape index (κ1) is 10.7. The van der Waals surface area contributed by atoms with E-state index in [9.17, 15) is 9.59 Å². The zero-order valence-corrected chi connectivity index (χ0v) is 9.36. The van der Waals surface area contributed by atoms with Gasteiger partial charge in [0.05, 0.1) is 5.92 Å². The van der Waals surface area contributed by atoms with Gasteiger partial charge in [0.2, 0.25) is 11.8 Å². The van der Waals surface area contributed by atoms with E-state index in [1.807, 2.05) is 43.3 Å². The molecule has 1 aromatic carbocycles. The Morgan fingerprint density at radius 1 is 1.19 bits per heavy atom. The van der Waals surface area contributed by atoms with E-state index in [4.69, 9.17) is 0 Å². The summed E-state index contributed by atoms with van der Waals surface area (Å²) in [6, 6.07) is 7.70. The van der Waals surface area contributed by atoms with Gasteiger partial charge in [-0.05, 0) is 17.7 Å². The van der Waals surface area contributed by atoms with Crippen molar-refractivity contribution in [3.63, 3.8) is 0 Å². The van der Waals surface area contributed by atoms with Crippen molar-refractivity contribution in [2.24, 2.45) is 0 Å². The fourth-order valence-corrected chi connectivity index (χ4v) is 1.83. The van der Waals surface area contributed by atoms with E-state index in [1.165, 1.54) is 0 Å². The molecule has 1 saturated heterocycles. The first-order chi connectivity index (χ1) is 7.58. The lowest BCUT2D eigenvalue weighted by molar-refractivity contribution is -0.125. The lowest BCUT2D eigenvalue weighted by Crippen LogP contribution is -2.21. The number of imide groups is 1. The Labute approximate surface area is 94.2 Å². The van der Waals surface area contributed by atoms with Crippen LogP contribution < -0.4 is 10.2 Å². The Kier molecular flexibility index (Phi) is 2.64. The van der Waals surface area contributed by atoms with Gasteiger partial charge < -0.3 is 4.90 Å². The topological polar surface area (TPSA) is 49.4 Å². The van der Waals surface area contributed by atoms with Gasteiger partial charge in [-0.15, -0.1) is 0 Å². The van der Waals surface area contributed by atoms with Crippen molar-refractivity contribution >= 4 is 17.5 Å². The van der Waals surface area contributed by atoms with Crippen LogP contribution in [0.3, 0.4) is 0 Å². The van der Waals surface area contributed by atoms with Crippen molar-refractivity contribution in [3.8, 4) is 0 Å². The minimum atomic E-state index is -0.316. The van der Waals surface area contributed by atoms with Crippen LogP contribution in [0.2, 0.25) is 0 Å². The van der Waals surface area contributed by atoms with Gasteiger partial charge in [0.25, 0.3) is 0 Å². The van der Waals surface area contributed by atoms with Crippen molar-refractivity contribution in [1.82, 2.24) is 5.32 Å². The summed E-state index contributed by atoms with van der Waals surface area (Å²) in [7, 11) is 3.92. The molecular formula is C12H14N2O2. The molecule has 2 amide bonds. The van der Waals surface area contributed by atoms with Crippen molar-refractivity contribution < 1.29 is 9.59 Å². The molecule has 1 aromatic rings. The van der Waals surface area contributed by atoms with Crippen molar-refractivity contribution in [1.29, 1.82) is 0 Å². The smallest absolute Gasteiger partial charge is 0.234 e. The molecule has 16 heavy (non-hydrogen) atoms. The summed E-state index contributed by atoms with van der Waals surface area (Å²) in [6.45, 7) is 0. The molecule has 1 N–H and O–H groups in total. The lowest BCUT2D eigenvalue weighted by atomic mass is 9.97. The summed E-state index contributed by atoms with van der Waals surface area (Å²) < 4.78 is 0. The van der Waals surface area contributed by atoms with E-state index in [-0.39, 0.29) is 24.2 Å². The predicted molar refractivity (Wildman–Crippen MR) is 61.3 cm³/mol. The van der Waals surface area contributed by atoms with E-state index in [1.54, 1.807) is 0 Å². The minimum Gasteiger partial charge on any atom is -0.378 e. The number of nitrogens with one attached hydrogen (secondary N) is 1. The highest BCUT2D eigenvalue weighted by Crippen LogP contribution is 2.25. The maximum atomic E-state index is 11.5. The predicted octanol–water partition coefficient (Wildman–Crippen LogP) is 0.883. The number of hydrogen-bond acceptors (Lipinski definition) is 3. The number of hydrogen-bond donors (Lipinski definition) is 1. The molecule has 1 unspecified atom stereocenters. The SMILES string of the molecule is CN(C)c1ccc(C2CC(=O)NC2=O)cc1. The zero-order chi connectivity index (χ0) is 11.7. The highest BCUT2D eigenvalue weighted by molar-refractivity contribution is 6.06. The molecule has 0 radical (unpaired) electrons. The Hall–Kier alpha value is -1.84. The average molecular weight is 218 g/mol. The summed E-state index contributed by atoms with van der Waals surface area (Å²) >= 11 is 0. The minimum absolute atomic E-state index is 0.188. The molecule has 4 heteroatoms. The summed E-state index contributed by atoms with van der Waals surface area (Å²) in [6.07, 6.45) is 0.264. The normalized spacial score (nSPS) is 19.8. The fourth-order valence-electron chi connectivity index (χ4n) is 1.83. The standard InChI is InChI=1S/C12H14N2O2/c1-14(2)9-5-3-8(4-6-9)10-7-11(15)13-12(10)16/h3-6,10H,7H2,1-2H3,(H,13,15,16). The number of anilines is 1. The average Bonchev–Trinajstić information content (AvgIpc) is 2.58. The maximum absolute atomic E-state index is 11.5. The first-order valence-corrected chi connectivity index (χ1v) is 5.19. The molecule has 1 aliphatic heterocycles. The van der Waals surface area contributed by atoms with Crippen LogP contribution in [0.4, 0.5) is 5.69 Å². The molecular weight excluding hydrogens is 204 g/mol. The van der Waals surface area contributed by atoms with Gasteiger partial charge in [0.1, 0.15) is 0 Å². The van der Waals surface area contributed by atoms with Crippen LogP contribution in [0.25, 0.3) is 0 Å². The summed E-state index contributed by atoms with van der Waals surface area (Å²) in [5, 5.41) is 2.31. The Morgan fingerprint density at radius 3 is 2.25 bits per heavy atom. The number of nitrogens with zero attached hydrogens (tertiary/aromatic N) is 1. The Morgan fingerprint density at radius 2 is 1.81 bits per heavy atom. The van der Waals surface area contributed by atoms with E-state index in [0.29, 0.717) is 0 Å². The molecule has 4 nitrogen and oxygen atoms in total. The fraction of sp³-hybridized carbons (Fsp3) is 0.333. The second-order valence-electron chi connectivity index (χ2n) is 4.16. The van der Waals surface area contributed by atoms with Crippen molar-refractivity contribution in [2.75, 3.05) is 19.0 Å². The van der Waals surface area contributed by atoms with Crippen LogP contribution in [0, 0.1) is 0 Å². The van der Waals surface area contributed by atoms with Crippen molar-refractivity contribution in [3.05, 3.63) is 29.8 Å². The molecule has 0 saturated carbocycles. The summed E-state index contributed by atoms with van der Waals surface area (Å²) in [4.78, 5) is 24.5. The number of rotatable bonds is 2. The van der Waals surface area contributed by atoms with Crippen LogP contribution in [-0.2, 0) is 9.59 Å². The van der Waals surface area contributed by atoms with Crippen LogP contribution in [0.1, 0.15) is 17.9 Å². The van der Waals surface area contributed by atoms with Gasteiger partial charge in [-0.1, -0.05) is 12.1 Å². The molecule has 84 valence electrons. The lowest BCUT2D eigenvalue weighted by Gasteiger charge is -2.13. The zero-order valence-electron chi connectivity index (χ0n) is 9.36. The highest BCUT2D eigenvalue weighted by Gasteiger charge is 2.31. The van der Waals surface area contributed by atoms with E-state index >= 15 is 0 Å². The maximum Gasteiger partial charge on any atom is 0.234 e. The van der Waals surface area contributed by atoms with Gasteiger partial charge in [0, 0.05) is 26.2 Å². The second kappa shape index (κ2) is 3.96. The number of amides is 2. The molecule has 0 spiro atoms. The van der Waals surface area contributed by atoms with Crippen molar-refractivity contribution in [2.45, 2.75) is 12.3 Å². The van der Waals surface area contributed by atoms with Gasteiger partial charge in [-0.2, -0.15) is 0 Å². The molecule has 0 aromatic heterocycles. The number of benzene rings is 1. The largest absolute Gasteiger partial charge is 0.378 e. The van der Waals surface area contributed by atoms with Crippen LogP contribution in [0.15, 0.2) is 24.3 Å². The molecule has 0 bridgehead atoms. The third-order valence-corrected chi connectivity index (χ3v) is 2.78. The molecule has 1 fully saturated rings. The van der Waals surface area contributed by atoms with E-state index in [0.717, 1.165) is 11.3 Å². The molecule has 1 aliphatic rings. The van der Waals surface area contributed by atoms with Gasteiger partial charge in [-0.3, -0.25) is 14.9 Å². The molecule has 0 aliphatic carbocycles. The van der Waals surface area contributed by atoms with Gasteiger partial charge in [0.15, 0.2) is 0 Å². The van der Waals surface area contributed by atoms with E-state index in [2.05, 4.69) is 5.32 Å². The third-order valence-electron chi connectivity index (χ3n) is 2.78. The summed E-state index contributed by atoms with van der Waals surface area (Å²) in [5.41, 5.74) is 1.97. The molecule has 1 heterocycles. The van der Waals surface area contributed by atoms with Gasteiger partial charge in [-0.25, -0.2) is 0 Å². The Bertz CT molecular complexity index is 423. The number of carbonyl (C=O) groups excluding carboxylic acids is 2. The Balaban J connectivity index is 2.22. The molecule has 2 rings (SSSR count). The molecule has 1 atom stereocenters. The van der Waals surface area contributed by atoms with Gasteiger partial charge >= 0.3 is 0 Å². The monoisotopic (exact) mass is 218 g/mol. The highest BCUT2D eigenvalue weighted by atomic mass is 16.2. The number of carbonyl (C=O) groups is 2. The first-order valence-electron chi connectivity index (χ1n) is 5.19. The second-order valence-corrected chi connectivity index (χ2v) is 4.16. The quantitative estimate of drug-likeness (QED) is 0.750. The van der Waals surface area contributed by atoms with E-state index < -0.39 is 0 Å².